The Hall–Kier alpha value is -2.02. The van der Waals surface area contributed by atoms with E-state index >= 15 is 0 Å². The van der Waals surface area contributed by atoms with Crippen LogP contribution >= 0.6 is 24.0 Å². The van der Waals surface area contributed by atoms with E-state index in [1.807, 2.05) is 24.3 Å². The zero-order valence-electron chi connectivity index (χ0n) is 14.6. The van der Waals surface area contributed by atoms with Gasteiger partial charge in [0.2, 0.25) is 0 Å². The number of hydrogen-bond acceptors (Lipinski definition) is 1. The third-order valence-electron chi connectivity index (χ3n) is 4.37. The molecule has 0 aliphatic rings. The number of anilines is 1. The Kier molecular flexibility index (Phi) is 6.87. The fourth-order valence-electron chi connectivity index (χ4n) is 2.71. The molecule has 1 atom stereocenters. The summed E-state index contributed by atoms with van der Waals surface area (Å²) in [5.74, 6) is 0.997. The second-order valence-electron chi connectivity index (χ2n) is 6.14. The maximum absolute atomic E-state index is 6.00. The van der Waals surface area contributed by atoms with E-state index in [9.17, 15) is 0 Å². The fourth-order valence-corrected chi connectivity index (χ4v) is 2.71. The normalized spacial score (nSPS) is 12.6. The van der Waals surface area contributed by atoms with Crippen LogP contribution in [-0.4, -0.2) is 10.9 Å². The van der Waals surface area contributed by atoms with Crippen molar-refractivity contribution in [1.82, 2.24) is 4.98 Å². The van der Waals surface area contributed by atoms with Crippen molar-refractivity contribution in [3.8, 4) is 0 Å². The average Bonchev–Trinajstić information content (AvgIpc) is 3.03. The highest BCUT2D eigenvalue weighted by atomic mass is 127. The number of nitrogens with zero attached hydrogens (tertiary/aromatic N) is 1. The summed E-state index contributed by atoms with van der Waals surface area (Å²) in [6, 6.07) is 18.7. The lowest BCUT2D eigenvalue weighted by molar-refractivity contribution is 0.734. The van der Waals surface area contributed by atoms with Gasteiger partial charge in [0.15, 0.2) is 5.96 Å². The number of aliphatic imine (C=N–C) groups is 1. The van der Waals surface area contributed by atoms with E-state index in [1.165, 1.54) is 10.9 Å². The number of fused-ring (bicyclic) bond motifs is 1. The largest absolute Gasteiger partial charge is 0.370 e. The molecule has 3 rings (SSSR count). The molecule has 0 spiro atoms. The van der Waals surface area contributed by atoms with Gasteiger partial charge in [0.1, 0.15) is 0 Å². The maximum Gasteiger partial charge on any atom is 0.193 e. The van der Waals surface area contributed by atoms with E-state index in [2.05, 4.69) is 59.5 Å². The average molecular weight is 448 g/mol. The van der Waals surface area contributed by atoms with Gasteiger partial charge in [0, 0.05) is 16.9 Å². The first-order valence-corrected chi connectivity index (χ1v) is 8.39. The van der Waals surface area contributed by atoms with Crippen LogP contribution in [0.1, 0.15) is 37.4 Å². The van der Waals surface area contributed by atoms with Crippen LogP contribution < -0.4 is 11.1 Å². The van der Waals surface area contributed by atoms with E-state index in [4.69, 9.17) is 5.73 Å². The van der Waals surface area contributed by atoms with Crippen LogP contribution in [0, 0.1) is 0 Å². The van der Waals surface area contributed by atoms with Gasteiger partial charge >= 0.3 is 0 Å². The zero-order valence-corrected chi connectivity index (χ0v) is 17.0. The molecule has 1 unspecified atom stereocenters. The molecule has 2 aromatic carbocycles. The lowest BCUT2D eigenvalue weighted by atomic mass is 9.99. The first kappa shape index (κ1) is 19.3. The molecule has 4 nitrogen and oxygen atoms in total. The first-order valence-electron chi connectivity index (χ1n) is 8.39. The molecule has 5 heteroatoms. The van der Waals surface area contributed by atoms with Crippen molar-refractivity contribution in [2.75, 3.05) is 5.32 Å². The number of hydrogen-bond donors (Lipinski definition) is 3. The minimum atomic E-state index is 0. The van der Waals surface area contributed by atoms with Gasteiger partial charge in [-0.1, -0.05) is 44.2 Å². The van der Waals surface area contributed by atoms with Gasteiger partial charge in [-0.15, -0.1) is 24.0 Å². The monoisotopic (exact) mass is 448 g/mol. The van der Waals surface area contributed by atoms with Crippen molar-refractivity contribution in [2.45, 2.75) is 32.7 Å². The SMILES string of the molecule is CCC(C)c1ccc(NC(N)=NCc2cc3ccccc3[nH]2)cc1.I. The van der Waals surface area contributed by atoms with Gasteiger partial charge in [0.25, 0.3) is 0 Å². The molecule has 4 N–H and O–H groups in total. The number of para-hydroxylation sites is 1. The van der Waals surface area contributed by atoms with Crippen molar-refractivity contribution in [1.29, 1.82) is 0 Å². The van der Waals surface area contributed by atoms with Gasteiger partial charge in [-0.2, -0.15) is 0 Å². The lowest BCUT2D eigenvalue weighted by Gasteiger charge is -2.10. The number of guanidine groups is 1. The number of rotatable bonds is 5. The van der Waals surface area contributed by atoms with Crippen LogP contribution in [0.4, 0.5) is 5.69 Å². The summed E-state index contributed by atoms with van der Waals surface area (Å²) in [6.07, 6.45) is 1.14. The Morgan fingerprint density at radius 3 is 2.56 bits per heavy atom. The molecule has 0 aliphatic heterocycles. The topological polar surface area (TPSA) is 66.2 Å². The summed E-state index contributed by atoms with van der Waals surface area (Å²) in [7, 11) is 0. The number of nitrogens with two attached hydrogens (primary N) is 1. The van der Waals surface area contributed by atoms with Crippen molar-refractivity contribution < 1.29 is 0 Å². The Balaban J connectivity index is 0.00000225. The summed E-state index contributed by atoms with van der Waals surface area (Å²) in [6.45, 7) is 4.96. The highest BCUT2D eigenvalue weighted by Gasteiger charge is 2.03. The minimum absolute atomic E-state index is 0. The molecule has 0 aliphatic carbocycles. The molecule has 1 aromatic heterocycles. The molecule has 1 heterocycles. The Morgan fingerprint density at radius 1 is 1.16 bits per heavy atom. The van der Waals surface area contributed by atoms with Gasteiger partial charge in [-0.25, -0.2) is 4.99 Å². The predicted octanol–water partition coefficient (Wildman–Crippen LogP) is 5.23. The van der Waals surface area contributed by atoms with Crippen LogP contribution in [0.3, 0.4) is 0 Å². The summed E-state index contributed by atoms with van der Waals surface area (Å²) in [5.41, 5.74) is 10.5. The molecule has 0 radical (unpaired) electrons. The number of aromatic amines is 1. The standard InChI is InChI=1S/C20H24N4.HI/c1-3-14(2)15-8-10-17(11-9-15)24-20(21)22-13-18-12-16-6-4-5-7-19(16)23-18;/h4-12,14,23H,3,13H2,1-2H3,(H3,21,22,24);1H. The van der Waals surface area contributed by atoms with Crippen LogP contribution in [0.15, 0.2) is 59.6 Å². The number of benzene rings is 2. The number of aromatic nitrogens is 1. The number of H-pyrrole nitrogens is 1. The fraction of sp³-hybridized carbons (Fsp3) is 0.250. The molecule has 0 fully saturated rings. The number of halogens is 1. The number of nitrogens with one attached hydrogen (secondary N) is 2. The smallest absolute Gasteiger partial charge is 0.193 e. The highest BCUT2D eigenvalue weighted by molar-refractivity contribution is 14.0. The summed E-state index contributed by atoms with van der Waals surface area (Å²) in [4.78, 5) is 7.76. The minimum Gasteiger partial charge on any atom is -0.370 e. The second kappa shape index (κ2) is 8.89. The van der Waals surface area contributed by atoms with E-state index in [1.54, 1.807) is 0 Å². The zero-order chi connectivity index (χ0) is 16.9. The third kappa shape index (κ3) is 4.98. The maximum atomic E-state index is 6.00. The molecular formula is C20H25IN4. The molecule has 0 amide bonds. The summed E-state index contributed by atoms with van der Waals surface area (Å²) in [5, 5.41) is 4.33. The van der Waals surface area contributed by atoms with E-state index in [0.717, 1.165) is 23.3 Å². The van der Waals surface area contributed by atoms with E-state index in [-0.39, 0.29) is 24.0 Å². The molecule has 132 valence electrons. The molecule has 0 saturated heterocycles. The van der Waals surface area contributed by atoms with E-state index in [0.29, 0.717) is 18.4 Å². The van der Waals surface area contributed by atoms with Crippen LogP contribution in [0.5, 0.6) is 0 Å². The Labute approximate surface area is 165 Å². The molecule has 3 aromatic rings. The van der Waals surface area contributed by atoms with Crippen LogP contribution in [0.2, 0.25) is 0 Å². The molecule has 25 heavy (non-hydrogen) atoms. The Morgan fingerprint density at radius 2 is 1.88 bits per heavy atom. The van der Waals surface area contributed by atoms with Crippen molar-refractivity contribution in [3.05, 3.63) is 65.9 Å². The van der Waals surface area contributed by atoms with Gasteiger partial charge in [-0.05, 0) is 47.6 Å². The summed E-state index contributed by atoms with van der Waals surface area (Å²) < 4.78 is 0. The summed E-state index contributed by atoms with van der Waals surface area (Å²) >= 11 is 0. The third-order valence-corrected chi connectivity index (χ3v) is 4.37. The van der Waals surface area contributed by atoms with E-state index < -0.39 is 0 Å². The van der Waals surface area contributed by atoms with Gasteiger partial charge < -0.3 is 16.0 Å². The molecule has 0 saturated carbocycles. The van der Waals surface area contributed by atoms with Gasteiger partial charge in [0.05, 0.1) is 6.54 Å². The predicted molar refractivity (Wildman–Crippen MR) is 118 cm³/mol. The quantitative estimate of drug-likeness (QED) is 0.285. The molecular weight excluding hydrogens is 423 g/mol. The molecule has 0 bridgehead atoms. The van der Waals surface area contributed by atoms with Crippen molar-refractivity contribution >= 4 is 46.5 Å². The van der Waals surface area contributed by atoms with Gasteiger partial charge in [-0.3, -0.25) is 0 Å². The van der Waals surface area contributed by atoms with Crippen LogP contribution in [0.25, 0.3) is 10.9 Å². The second-order valence-corrected chi connectivity index (χ2v) is 6.14. The lowest BCUT2D eigenvalue weighted by Crippen LogP contribution is -2.22. The first-order chi connectivity index (χ1) is 11.7. The van der Waals surface area contributed by atoms with Crippen LogP contribution in [-0.2, 0) is 6.54 Å². The highest BCUT2D eigenvalue weighted by Crippen LogP contribution is 2.20. The van der Waals surface area contributed by atoms with Crippen molar-refractivity contribution in [3.63, 3.8) is 0 Å². The Bertz CT molecular complexity index is 803. The van der Waals surface area contributed by atoms with Crippen molar-refractivity contribution in [2.24, 2.45) is 10.7 Å².